The SMILES string of the molecule is O=C(NCC1OCCO1)c1ccc2c(-c3ccccc3OC(F)(F)F)cccc2c1. The van der Waals surface area contributed by atoms with Crippen molar-refractivity contribution in [3.63, 3.8) is 0 Å². The molecule has 0 radical (unpaired) electrons. The zero-order chi connectivity index (χ0) is 21.1. The third-order valence-corrected chi connectivity index (χ3v) is 4.67. The first-order valence-electron chi connectivity index (χ1n) is 9.30. The summed E-state index contributed by atoms with van der Waals surface area (Å²) in [6, 6.07) is 16.2. The van der Waals surface area contributed by atoms with Crippen LogP contribution in [0.1, 0.15) is 10.4 Å². The van der Waals surface area contributed by atoms with Gasteiger partial charge in [0.15, 0.2) is 6.29 Å². The molecule has 3 aromatic carbocycles. The molecule has 0 spiro atoms. The second kappa shape index (κ2) is 8.33. The van der Waals surface area contributed by atoms with Crippen LogP contribution in [0.25, 0.3) is 21.9 Å². The van der Waals surface area contributed by atoms with E-state index in [1.807, 2.05) is 0 Å². The van der Waals surface area contributed by atoms with Gasteiger partial charge >= 0.3 is 6.36 Å². The first kappa shape index (κ1) is 20.2. The molecule has 1 amide bonds. The lowest BCUT2D eigenvalue weighted by Gasteiger charge is -2.15. The van der Waals surface area contributed by atoms with Crippen molar-refractivity contribution in [3.05, 3.63) is 66.2 Å². The fraction of sp³-hybridized carbons (Fsp3) is 0.227. The maximum Gasteiger partial charge on any atom is 0.573 e. The van der Waals surface area contributed by atoms with E-state index in [9.17, 15) is 18.0 Å². The van der Waals surface area contributed by atoms with Crippen LogP contribution < -0.4 is 10.1 Å². The van der Waals surface area contributed by atoms with Crippen LogP contribution in [-0.2, 0) is 9.47 Å². The molecular weight excluding hydrogens is 399 g/mol. The number of carbonyl (C=O) groups excluding carboxylic acids is 1. The van der Waals surface area contributed by atoms with Crippen molar-refractivity contribution in [1.82, 2.24) is 5.32 Å². The van der Waals surface area contributed by atoms with Gasteiger partial charge in [-0.15, -0.1) is 13.2 Å². The van der Waals surface area contributed by atoms with Gasteiger partial charge in [0, 0.05) is 11.1 Å². The summed E-state index contributed by atoms with van der Waals surface area (Å²) in [5, 5.41) is 4.17. The molecule has 8 heteroatoms. The number of alkyl halides is 3. The number of nitrogens with one attached hydrogen (secondary N) is 1. The van der Waals surface area contributed by atoms with Crippen LogP contribution in [0.4, 0.5) is 13.2 Å². The number of fused-ring (bicyclic) bond motifs is 1. The Balaban J connectivity index is 1.63. The molecule has 0 aliphatic carbocycles. The van der Waals surface area contributed by atoms with Gasteiger partial charge in [0.25, 0.3) is 5.91 Å². The molecule has 1 aliphatic rings. The van der Waals surface area contributed by atoms with Gasteiger partial charge in [-0.2, -0.15) is 0 Å². The Bertz CT molecular complexity index is 1060. The summed E-state index contributed by atoms with van der Waals surface area (Å²) in [5.74, 6) is -0.571. The van der Waals surface area contributed by atoms with E-state index in [0.29, 0.717) is 35.3 Å². The lowest BCUT2D eigenvalue weighted by atomic mass is 9.96. The molecule has 1 N–H and O–H groups in total. The third kappa shape index (κ3) is 4.55. The number of carbonyl (C=O) groups is 1. The van der Waals surface area contributed by atoms with Gasteiger partial charge in [0.2, 0.25) is 0 Å². The Hall–Kier alpha value is -3.10. The van der Waals surface area contributed by atoms with Crippen LogP contribution in [0, 0.1) is 0 Å². The molecule has 0 saturated carbocycles. The van der Waals surface area contributed by atoms with Gasteiger partial charge in [-0.25, -0.2) is 0 Å². The molecule has 4 rings (SSSR count). The number of rotatable bonds is 5. The van der Waals surface area contributed by atoms with Crippen LogP contribution in [0.15, 0.2) is 60.7 Å². The van der Waals surface area contributed by atoms with Gasteiger partial charge in [-0.05, 0) is 34.5 Å². The average molecular weight is 417 g/mol. The minimum Gasteiger partial charge on any atom is -0.405 e. The number of halogens is 3. The van der Waals surface area contributed by atoms with Crippen molar-refractivity contribution in [1.29, 1.82) is 0 Å². The molecule has 1 heterocycles. The Labute approximate surface area is 170 Å². The van der Waals surface area contributed by atoms with E-state index in [2.05, 4.69) is 10.1 Å². The predicted molar refractivity (Wildman–Crippen MR) is 104 cm³/mol. The molecule has 3 aromatic rings. The maximum atomic E-state index is 12.8. The Morgan fingerprint density at radius 3 is 2.50 bits per heavy atom. The van der Waals surface area contributed by atoms with Crippen molar-refractivity contribution < 1.29 is 32.2 Å². The van der Waals surface area contributed by atoms with Gasteiger partial charge in [-0.3, -0.25) is 4.79 Å². The summed E-state index contributed by atoms with van der Waals surface area (Å²) < 4.78 is 53.2. The van der Waals surface area contributed by atoms with Crippen molar-refractivity contribution in [2.75, 3.05) is 19.8 Å². The van der Waals surface area contributed by atoms with Crippen molar-refractivity contribution in [2.45, 2.75) is 12.7 Å². The Morgan fingerprint density at radius 2 is 1.73 bits per heavy atom. The van der Waals surface area contributed by atoms with E-state index >= 15 is 0 Å². The quantitative estimate of drug-likeness (QED) is 0.664. The van der Waals surface area contributed by atoms with Crippen LogP contribution in [0.5, 0.6) is 5.75 Å². The molecule has 1 fully saturated rings. The molecule has 0 bridgehead atoms. The number of ether oxygens (including phenoxy) is 3. The van der Waals surface area contributed by atoms with Crippen LogP contribution in [0.3, 0.4) is 0 Å². The first-order chi connectivity index (χ1) is 14.4. The van der Waals surface area contributed by atoms with Crippen molar-refractivity contribution in [2.24, 2.45) is 0 Å². The van der Waals surface area contributed by atoms with Gasteiger partial charge in [0.05, 0.1) is 19.8 Å². The zero-order valence-corrected chi connectivity index (χ0v) is 15.7. The van der Waals surface area contributed by atoms with Crippen LogP contribution in [0.2, 0.25) is 0 Å². The monoisotopic (exact) mass is 417 g/mol. The van der Waals surface area contributed by atoms with Crippen LogP contribution in [-0.4, -0.2) is 38.3 Å². The highest BCUT2D eigenvalue weighted by atomic mass is 19.4. The van der Waals surface area contributed by atoms with E-state index in [1.165, 1.54) is 12.1 Å². The smallest absolute Gasteiger partial charge is 0.405 e. The maximum absolute atomic E-state index is 12.8. The summed E-state index contributed by atoms with van der Waals surface area (Å²) in [5.41, 5.74) is 1.32. The number of benzene rings is 3. The van der Waals surface area contributed by atoms with E-state index in [-0.39, 0.29) is 18.2 Å². The molecule has 1 aliphatic heterocycles. The average Bonchev–Trinajstić information content (AvgIpc) is 3.24. The highest BCUT2D eigenvalue weighted by Gasteiger charge is 2.32. The van der Waals surface area contributed by atoms with Crippen molar-refractivity contribution >= 4 is 16.7 Å². The summed E-state index contributed by atoms with van der Waals surface area (Å²) in [4.78, 5) is 12.4. The Kier molecular flexibility index (Phi) is 5.61. The summed E-state index contributed by atoms with van der Waals surface area (Å²) in [6.45, 7) is 1.23. The molecular formula is C22H18F3NO4. The van der Waals surface area contributed by atoms with E-state index in [0.717, 1.165) is 5.39 Å². The zero-order valence-electron chi connectivity index (χ0n) is 15.7. The lowest BCUT2D eigenvalue weighted by molar-refractivity contribution is -0.274. The van der Waals surface area contributed by atoms with E-state index in [1.54, 1.807) is 48.5 Å². The number of hydrogen-bond acceptors (Lipinski definition) is 4. The molecule has 156 valence electrons. The van der Waals surface area contributed by atoms with E-state index < -0.39 is 12.7 Å². The largest absolute Gasteiger partial charge is 0.573 e. The third-order valence-electron chi connectivity index (χ3n) is 4.67. The Morgan fingerprint density at radius 1 is 1.00 bits per heavy atom. The minimum atomic E-state index is -4.79. The van der Waals surface area contributed by atoms with Gasteiger partial charge in [-0.1, -0.05) is 42.5 Å². The minimum absolute atomic E-state index is 0.235. The number of para-hydroxylation sites is 1. The highest BCUT2D eigenvalue weighted by Crippen LogP contribution is 2.37. The molecule has 0 aromatic heterocycles. The second-order valence-corrected chi connectivity index (χ2v) is 6.67. The molecule has 1 saturated heterocycles. The summed E-state index contributed by atoms with van der Waals surface area (Å²) >= 11 is 0. The fourth-order valence-corrected chi connectivity index (χ4v) is 3.37. The predicted octanol–water partition coefficient (Wildman–Crippen LogP) is 4.51. The molecule has 5 nitrogen and oxygen atoms in total. The molecule has 30 heavy (non-hydrogen) atoms. The number of amides is 1. The van der Waals surface area contributed by atoms with E-state index in [4.69, 9.17) is 9.47 Å². The normalized spacial score (nSPS) is 14.8. The summed E-state index contributed by atoms with van der Waals surface area (Å²) in [6.07, 6.45) is -5.25. The topological polar surface area (TPSA) is 56.8 Å². The standard InChI is InChI=1S/C22H18F3NO4/c23-22(24,25)30-19-7-2-1-5-18(19)17-6-3-4-14-12-15(8-9-16(14)17)21(27)26-13-20-28-10-11-29-20/h1-9,12,20H,10-11,13H2,(H,26,27). The lowest BCUT2D eigenvalue weighted by Crippen LogP contribution is -2.32. The number of hydrogen-bond donors (Lipinski definition) is 1. The summed E-state index contributed by atoms with van der Waals surface area (Å²) in [7, 11) is 0. The fourth-order valence-electron chi connectivity index (χ4n) is 3.37. The molecule has 0 unspecified atom stereocenters. The van der Waals surface area contributed by atoms with Crippen molar-refractivity contribution in [3.8, 4) is 16.9 Å². The van der Waals surface area contributed by atoms with Gasteiger partial charge < -0.3 is 19.5 Å². The molecule has 0 atom stereocenters. The van der Waals surface area contributed by atoms with Crippen LogP contribution >= 0.6 is 0 Å². The van der Waals surface area contributed by atoms with Gasteiger partial charge in [0.1, 0.15) is 5.75 Å². The second-order valence-electron chi connectivity index (χ2n) is 6.67. The highest BCUT2D eigenvalue weighted by molar-refractivity contribution is 6.03. The first-order valence-corrected chi connectivity index (χ1v) is 9.30.